The minimum absolute atomic E-state index is 0.0825. The first-order valence-electron chi connectivity index (χ1n) is 9.69. The van der Waals surface area contributed by atoms with Crippen molar-refractivity contribution >= 4 is 46.1 Å². The molecule has 0 aliphatic rings. The Morgan fingerprint density at radius 3 is 2.69 bits per heavy atom. The summed E-state index contributed by atoms with van der Waals surface area (Å²) in [6.45, 7) is 1.17. The van der Waals surface area contributed by atoms with Crippen LogP contribution in [0, 0.1) is 0 Å². The molecular weight excluding hydrogens is 454 g/mol. The molecule has 0 bridgehead atoms. The lowest BCUT2D eigenvalue weighted by Gasteiger charge is -2.10. The van der Waals surface area contributed by atoms with Crippen molar-refractivity contribution in [2.24, 2.45) is 0 Å². The van der Waals surface area contributed by atoms with E-state index in [1.807, 2.05) is 19.0 Å². The third-order valence-electron chi connectivity index (χ3n) is 4.55. The number of carbonyl (C=O) groups is 1. The van der Waals surface area contributed by atoms with Gasteiger partial charge in [-0.2, -0.15) is 0 Å². The molecule has 4 aromatic rings. The van der Waals surface area contributed by atoms with Crippen LogP contribution in [-0.2, 0) is 11.3 Å². The molecule has 0 saturated carbocycles. The highest BCUT2D eigenvalue weighted by Gasteiger charge is 2.14. The number of fused-ring (bicyclic) bond motifs is 1. The summed E-state index contributed by atoms with van der Waals surface area (Å²) in [6.07, 6.45) is 0. The summed E-state index contributed by atoms with van der Waals surface area (Å²) in [4.78, 5) is 26.5. The summed E-state index contributed by atoms with van der Waals surface area (Å²) in [5.74, 6) is -0.232. The van der Waals surface area contributed by atoms with Gasteiger partial charge < -0.3 is 19.1 Å². The Morgan fingerprint density at radius 1 is 1.16 bits per heavy atom. The van der Waals surface area contributed by atoms with Crippen molar-refractivity contribution in [1.29, 1.82) is 0 Å². The molecule has 2 heterocycles. The fourth-order valence-electron chi connectivity index (χ4n) is 2.95. The first kappa shape index (κ1) is 22.1. The number of halogens is 1. The average molecular weight is 474 g/mol. The molecule has 1 amide bonds. The summed E-state index contributed by atoms with van der Waals surface area (Å²) >= 11 is 7.02. The summed E-state index contributed by atoms with van der Waals surface area (Å²) in [7, 11) is 3.86. The van der Waals surface area contributed by atoms with Crippen LogP contribution in [-0.4, -0.2) is 52.0 Å². The second-order valence-corrected chi connectivity index (χ2v) is 8.59. The monoisotopic (exact) mass is 473 g/mol. The summed E-state index contributed by atoms with van der Waals surface area (Å²) < 4.78 is 12.4. The van der Waals surface area contributed by atoms with Gasteiger partial charge in [0.05, 0.1) is 11.3 Å². The zero-order valence-corrected chi connectivity index (χ0v) is 18.9. The molecule has 0 aliphatic heterocycles. The average Bonchev–Trinajstić information content (AvgIpc) is 3.35. The van der Waals surface area contributed by atoms with E-state index in [1.54, 1.807) is 47.0 Å². The maximum absolute atomic E-state index is 12.4. The van der Waals surface area contributed by atoms with Crippen LogP contribution in [0.4, 0.5) is 5.69 Å². The number of oxazole rings is 1. The zero-order chi connectivity index (χ0) is 22.7. The summed E-state index contributed by atoms with van der Waals surface area (Å²) in [6, 6.07) is 12.1. The number of carbonyl (C=O) groups excluding carboxylic acids is 1. The lowest BCUT2D eigenvalue weighted by Crippen LogP contribution is -2.23. The predicted molar refractivity (Wildman–Crippen MR) is 123 cm³/mol. The van der Waals surface area contributed by atoms with E-state index >= 15 is 0 Å². The third kappa shape index (κ3) is 5.21. The molecule has 0 radical (unpaired) electrons. The van der Waals surface area contributed by atoms with Crippen LogP contribution in [0.3, 0.4) is 0 Å². The largest absolute Gasteiger partial charge is 0.419 e. The molecule has 2 aromatic heterocycles. The highest BCUT2D eigenvalue weighted by atomic mass is 35.5. The molecular formula is C21H20ClN5O4S. The smallest absolute Gasteiger partial charge is 0.411 e. The quantitative estimate of drug-likeness (QED) is 0.387. The minimum Gasteiger partial charge on any atom is -0.411 e. The van der Waals surface area contributed by atoms with Crippen LogP contribution in [0.15, 0.2) is 61.3 Å². The van der Waals surface area contributed by atoms with Crippen molar-refractivity contribution in [3.05, 3.63) is 58.0 Å². The molecule has 2 aromatic carbocycles. The summed E-state index contributed by atoms with van der Waals surface area (Å²) in [5.41, 5.74) is 2.41. The molecule has 1 N–H and O–H groups in total. The maximum Gasteiger partial charge on any atom is 0.419 e. The minimum atomic E-state index is -0.422. The molecule has 9 nitrogen and oxygen atoms in total. The number of rotatable bonds is 8. The second kappa shape index (κ2) is 9.60. The molecule has 0 fully saturated rings. The van der Waals surface area contributed by atoms with Gasteiger partial charge in [0.1, 0.15) is 0 Å². The zero-order valence-electron chi connectivity index (χ0n) is 17.4. The predicted octanol–water partition coefficient (Wildman–Crippen LogP) is 3.59. The number of anilines is 1. The van der Waals surface area contributed by atoms with Gasteiger partial charge in [-0.25, -0.2) is 4.79 Å². The van der Waals surface area contributed by atoms with Crippen LogP contribution >= 0.6 is 23.4 Å². The van der Waals surface area contributed by atoms with Crippen molar-refractivity contribution in [2.45, 2.75) is 11.8 Å². The van der Waals surface area contributed by atoms with Crippen LogP contribution in [0.25, 0.3) is 22.6 Å². The number of benzene rings is 2. The molecule has 4 rings (SSSR count). The Balaban J connectivity index is 1.39. The van der Waals surface area contributed by atoms with Crippen molar-refractivity contribution in [2.75, 3.05) is 31.7 Å². The molecule has 0 unspecified atom stereocenters. The van der Waals surface area contributed by atoms with Gasteiger partial charge in [-0.05, 0) is 56.6 Å². The Labute approximate surface area is 192 Å². The van der Waals surface area contributed by atoms with E-state index in [1.165, 1.54) is 0 Å². The Kier molecular flexibility index (Phi) is 6.63. The first-order valence-corrected chi connectivity index (χ1v) is 11.1. The molecule has 166 valence electrons. The van der Waals surface area contributed by atoms with Gasteiger partial charge in [0.15, 0.2) is 5.58 Å². The number of nitrogens with one attached hydrogen (secondary N) is 1. The van der Waals surface area contributed by atoms with Crippen molar-refractivity contribution in [3.8, 4) is 11.5 Å². The second-order valence-electron chi connectivity index (χ2n) is 7.22. The van der Waals surface area contributed by atoms with E-state index in [-0.39, 0.29) is 16.9 Å². The normalized spacial score (nSPS) is 11.4. The van der Waals surface area contributed by atoms with Crippen LogP contribution < -0.4 is 11.1 Å². The topological polar surface area (TPSA) is 106 Å². The van der Waals surface area contributed by atoms with E-state index in [2.05, 4.69) is 15.5 Å². The van der Waals surface area contributed by atoms with E-state index < -0.39 is 5.76 Å². The Hall–Kier alpha value is -3.08. The van der Waals surface area contributed by atoms with Gasteiger partial charge in [-0.3, -0.25) is 9.36 Å². The number of hydrogen-bond acceptors (Lipinski definition) is 8. The lowest BCUT2D eigenvalue weighted by atomic mass is 10.2. The van der Waals surface area contributed by atoms with Gasteiger partial charge >= 0.3 is 5.76 Å². The molecule has 0 atom stereocenters. The van der Waals surface area contributed by atoms with Gasteiger partial charge in [0, 0.05) is 29.4 Å². The van der Waals surface area contributed by atoms with E-state index in [0.717, 1.165) is 17.3 Å². The van der Waals surface area contributed by atoms with Crippen LogP contribution in [0.1, 0.15) is 0 Å². The van der Waals surface area contributed by atoms with Gasteiger partial charge in [-0.15, -0.1) is 10.2 Å². The molecule has 11 heteroatoms. The fourth-order valence-corrected chi connectivity index (χ4v) is 3.64. The van der Waals surface area contributed by atoms with E-state index in [4.69, 9.17) is 20.4 Å². The van der Waals surface area contributed by atoms with Gasteiger partial charge in [-0.1, -0.05) is 23.4 Å². The summed E-state index contributed by atoms with van der Waals surface area (Å²) in [5, 5.41) is 11.7. The standard InChI is InChI=1S/C21H20ClN5O4S/c1-26(2)9-10-27-16-11-15(7-8-17(16)30-21(27)29)23-18(28)12-32-20-25-24-19(31-20)13-3-5-14(22)6-4-13/h3-8,11H,9-10,12H2,1-2H3,(H,23,28). The van der Waals surface area contributed by atoms with Crippen molar-refractivity contribution < 1.29 is 13.6 Å². The first-order chi connectivity index (χ1) is 15.4. The van der Waals surface area contributed by atoms with Gasteiger partial charge in [0.2, 0.25) is 11.8 Å². The molecule has 0 saturated heterocycles. The number of thioether (sulfide) groups is 1. The lowest BCUT2D eigenvalue weighted by molar-refractivity contribution is -0.113. The van der Waals surface area contributed by atoms with E-state index in [9.17, 15) is 9.59 Å². The SMILES string of the molecule is CN(C)CCn1c(=O)oc2ccc(NC(=O)CSc3nnc(-c4ccc(Cl)cc4)o3)cc21. The highest BCUT2D eigenvalue weighted by Crippen LogP contribution is 2.25. The highest BCUT2D eigenvalue weighted by molar-refractivity contribution is 7.99. The van der Waals surface area contributed by atoms with Crippen LogP contribution in [0.5, 0.6) is 0 Å². The van der Waals surface area contributed by atoms with Gasteiger partial charge in [0.25, 0.3) is 5.22 Å². The number of hydrogen-bond donors (Lipinski definition) is 1. The number of likely N-dealkylation sites (N-methyl/N-ethyl adjacent to an activating group) is 1. The van der Waals surface area contributed by atoms with Crippen LogP contribution in [0.2, 0.25) is 5.02 Å². The molecule has 0 spiro atoms. The third-order valence-corrected chi connectivity index (χ3v) is 5.62. The Morgan fingerprint density at radius 2 is 1.94 bits per heavy atom. The molecule has 0 aliphatic carbocycles. The number of aromatic nitrogens is 3. The fraction of sp³-hybridized carbons (Fsp3) is 0.238. The van der Waals surface area contributed by atoms with Crippen molar-refractivity contribution in [1.82, 2.24) is 19.7 Å². The number of nitrogens with zero attached hydrogens (tertiary/aromatic N) is 4. The Bertz CT molecular complexity index is 1300. The maximum atomic E-state index is 12.4. The van der Waals surface area contributed by atoms with Crippen molar-refractivity contribution in [3.63, 3.8) is 0 Å². The molecule has 32 heavy (non-hydrogen) atoms. The van der Waals surface area contributed by atoms with E-state index in [0.29, 0.717) is 40.8 Å². The number of amides is 1.